The molecule has 1 saturated heterocycles. The molecular formula is C15H20N8O3. The molecule has 11 heteroatoms. The smallest absolute Gasteiger partial charge is 0.167 e. The largest absolute Gasteiger partial charge is 0.387 e. The molecule has 5 unspecified atom stereocenters. The third-order valence-corrected chi connectivity index (χ3v) is 4.54. The minimum atomic E-state index is -1.11. The number of imidazole rings is 1. The molecule has 0 aromatic carbocycles. The standard InChI is InChI=1S/C15H20N8O3/c16-13-10-14(21-6-20-13)23(7-22-10)15-12(25)11(24)9(26-15)4-17-2-1-8-3-18-5-19-8/h3,5-9,11-12,15,17,24-25H,1-2,4H2,(H2,16,20,21). The van der Waals surface area contributed by atoms with Crippen molar-refractivity contribution in [3.05, 3.63) is 12.7 Å². The lowest BCUT2D eigenvalue weighted by atomic mass is 10.1. The van der Waals surface area contributed by atoms with Gasteiger partial charge >= 0.3 is 0 Å². The molecule has 5 N–H and O–H groups in total. The molecule has 26 heavy (non-hydrogen) atoms. The highest BCUT2D eigenvalue weighted by Gasteiger charge is 2.44. The minimum Gasteiger partial charge on any atom is -0.387 e. The van der Waals surface area contributed by atoms with E-state index in [1.54, 1.807) is 17.1 Å². The Hall–Kier alpha value is -2.47. The number of hydrogen-bond donors (Lipinski definition) is 4. The van der Waals surface area contributed by atoms with Gasteiger partial charge < -0.3 is 26.0 Å². The minimum absolute atomic E-state index is 0.0951. The Bertz CT molecular complexity index is 825. The quantitative estimate of drug-likeness (QED) is 0.453. The lowest BCUT2D eigenvalue weighted by Gasteiger charge is -2.16. The van der Waals surface area contributed by atoms with Gasteiger partial charge in [0, 0.05) is 12.8 Å². The molecule has 2 aliphatic heterocycles. The van der Waals surface area contributed by atoms with E-state index in [9.17, 15) is 10.2 Å². The second-order valence-electron chi connectivity index (χ2n) is 6.25. The van der Waals surface area contributed by atoms with Crippen LogP contribution >= 0.6 is 0 Å². The molecule has 0 amide bonds. The van der Waals surface area contributed by atoms with E-state index in [1.165, 1.54) is 12.7 Å². The molecule has 0 bridgehead atoms. The summed E-state index contributed by atoms with van der Waals surface area (Å²) in [5.41, 5.74) is 6.66. The number of fused-ring (bicyclic) bond motifs is 1. The van der Waals surface area contributed by atoms with Crippen LogP contribution in [0, 0.1) is 0 Å². The summed E-state index contributed by atoms with van der Waals surface area (Å²) in [5.74, 6) is 0.248. The van der Waals surface area contributed by atoms with Crippen molar-refractivity contribution in [2.24, 2.45) is 9.98 Å². The summed E-state index contributed by atoms with van der Waals surface area (Å²) >= 11 is 0. The Morgan fingerprint density at radius 2 is 2.12 bits per heavy atom. The van der Waals surface area contributed by atoms with Crippen molar-refractivity contribution in [1.29, 1.82) is 0 Å². The van der Waals surface area contributed by atoms with Gasteiger partial charge in [0.15, 0.2) is 17.7 Å². The Balaban J connectivity index is 1.40. The van der Waals surface area contributed by atoms with E-state index in [2.05, 4.69) is 30.3 Å². The number of nitrogens with zero attached hydrogens (tertiary/aromatic N) is 6. The Kier molecular flexibility index (Phi) is 4.59. The van der Waals surface area contributed by atoms with E-state index >= 15 is 0 Å². The highest BCUT2D eigenvalue weighted by Crippen LogP contribution is 2.31. The number of anilines is 1. The zero-order valence-corrected chi connectivity index (χ0v) is 13.9. The van der Waals surface area contributed by atoms with Crippen LogP contribution in [0.15, 0.2) is 22.6 Å². The molecule has 5 atom stereocenters. The molecule has 4 heterocycles. The first-order chi connectivity index (χ1) is 12.6. The molecule has 0 saturated carbocycles. The zero-order chi connectivity index (χ0) is 18.1. The summed E-state index contributed by atoms with van der Waals surface area (Å²) < 4.78 is 7.41. The van der Waals surface area contributed by atoms with Crippen molar-refractivity contribution in [2.45, 2.75) is 37.0 Å². The third kappa shape index (κ3) is 3.05. The number of ether oxygens (including phenoxy) is 1. The van der Waals surface area contributed by atoms with Crippen molar-refractivity contribution in [1.82, 2.24) is 24.8 Å². The van der Waals surface area contributed by atoms with Crippen LogP contribution in [0.5, 0.6) is 0 Å². The molecule has 0 radical (unpaired) electrons. The lowest BCUT2D eigenvalue weighted by Crippen LogP contribution is -2.38. The topological polar surface area (TPSA) is 156 Å². The monoisotopic (exact) mass is 360 g/mol. The molecule has 4 rings (SSSR count). The number of aromatic nitrogens is 4. The fourth-order valence-electron chi connectivity index (χ4n) is 3.13. The molecule has 0 aliphatic carbocycles. The fraction of sp³-hybridized carbons (Fsp3) is 0.533. The molecule has 2 aromatic rings. The zero-order valence-electron chi connectivity index (χ0n) is 13.9. The summed E-state index contributed by atoms with van der Waals surface area (Å²) in [6.45, 7) is 1.09. The van der Waals surface area contributed by atoms with Crippen molar-refractivity contribution >= 4 is 29.5 Å². The van der Waals surface area contributed by atoms with Gasteiger partial charge in [-0.3, -0.25) is 9.56 Å². The summed E-state index contributed by atoms with van der Waals surface area (Å²) in [6, 6.07) is 0.0951. The maximum absolute atomic E-state index is 10.4. The maximum Gasteiger partial charge on any atom is 0.167 e. The normalized spacial score (nSPS) is 30.6. The number of nitrogen functional groups attached to an aromatic ring is 1. The van der Waals surface area contributed by atoms with E-state index < -0.39 is 24.5 Å². The lowest BCUT2D eigenvalue weighted by molar-refractivity contribution is -0.0341. The molecular weight excluding hydrogens is 340 g/mol. The van der Waals surface area contributed by atoms with E-state index in [0.717, 1.165) is 6.42 Å². The average Bonchev–Trinajstić information content (AvgIpc) is 3.35. The SMILES string of the molecule is Nc1ncnc2c1ncn2C1OC(CNCCC2C=NC=N2)C(O)C1O. The Labute approximate surface area is 148 Å². The van der Waals surface area contributed by atoms with E-state index in [-0.39, 0.29) is 11.9 Å². The van der Waals surface area contributed by atoms with Gasteiger partial charge in [0.25, 0.3) is 0 Å². The van der Waals surface area contributed by atoms with Gasteiger partial charge in [0.05, 0.1) is 12.4 Å². The molecule has 138 valence electrons. The number of hydrogen-bond acceptors (Lipinski definition) is 10. The summed E-state index contributed by atoms with van der Waals surface area (Å²) in [6.07, 6.45) is 3.43. The highest BCUT2D eigenvalue weighted by molar-refractivity contribution is 5.82. The Morgan fingerprint density at radius 3 is 2.92 bits per heavy atom. The number of nitrogens with one attached hydrogen (secondary N) is 1. The van der Waals surface area contributed by atoms with Crippen LogP contribution in [0.2, 0.25) is 0 Å². The number of aliphatic imine (C=N–C) groups is 2. The van der Waals surface area contributed by atoms with E-state index in [1.807, 2.05) is 0 Å². The van der Waals surface area contributed by atoms with Gasteiger partial charge in [-0.15, -0.1) is 0 Å². The highest BCUT2D eigenvalue weighted by atomic mass is 16.6. The van der Waals surface area contributed by atoms with Gasteiger partial charge in [-0.25, -0.2) is 19.9 Å². The number of aliphatic hydroxyl groups excluding tert-OH is 2. The van der Waals surface area contributed by atoms with Crippen LogP contribution in [0.1, 0.15) is 12.6 Å². The van der Waals surface area contributed by atoms with Crippen molar-refractivity contribution < 1.29 is 14.9 Å². The van der Waals surface area contributed by atoms with Gasteiger partial charge in [-0.05, 0) is 13.0 Å². The fourth-order valence-corrected chi connectivity index (χ4v) is 3.13. The Morgan fingerprint density at radius 1 is 1.23 bits per heavy atom. The van der Waals surface area contributed by atoms with Crippen molar-refractivity contribution in [3.8, 4) is 0 Å². The number of aliphatic hydroxyl groups is 2. The van der Waals surface area contributed by atoms with Crippen molar-refractivity contribution in [2.75, 3.05) is 18.8 Å². The van der Waals surface area contributed by atoms with E-state index in [4.69, 9.17) is 10.5 Å². The molecule has 0 spiro atoms. The van der Waals surface area contributed by atoms with Crippen LogP contribution in [-0.4, -0.2) is 79.7 Å². The van der Waals surface area contributed by atoms with Crippen LogP contribution < -0.4 is 11.1 Å². The first kappa shape index (κ1) is 17.0. The van der Waals surface area contributed by atoms with Gasteiger partial charge in [-0.1, -0.05) is 0 Å². The van der Waals surface area contributed by atoms with Crippen LogP contribution in [0.3, 0.4) is 0 Å². The molecule has 2 aromatic heterocycles. The molecule has 11 nitrogen and oxygen atoms in total. The second kappa shape index (κ2) is 7.03. The van der Waals surface area contributed by atoms with Gasteiger partial charge in [0.1, 0.15) is 36.5 Å². The van der Waals surface area contributed by atoms with Crippen LogP contribution in [-0.2, 0) is 4.74 Å². The summed E-state index contributed by atoms with van der Waals surface area (Å²) in [5, 5.41) is 23.9. The van der Waals surface area contributed by atoms with E-state index in [0.29, 0.717) is 24.3 Å². The van der Waals surface area contributed by atoms with Crippen LogP contribution in [0.25, 0.3) is 11.2 Å². The van der Waals surface area contributed by atoms with Crippen LogP contribution in [0.4, 0.5) is 5.82 Å². The number of nitrogens with two attached hydrogens (primary N) is 1. The predicted molar refractivity (Wildman–Crippen MR) is 93.9 cm³/mol. The molecule has 2 aliphatic rings. The van der Waals surface area contributed by atoms with Crippen molar-refractivity contribution in [3.63, 3.8) is 0 Å². The second-order valence-corrected chi connectivity index (χ2v) is 6.25. The molecule has 1 fully saturated rings. The predicted octanol–water partition coefficient (Wildman–Crippen LogP) is -1.51. The first-order valence-corrected chi connectivity index (χ1v) is 8.35. The number of rotatable bonds is 6. The maximum atomic E-state index is 10.4. The van der Waals surface area contributed by atoms with Gasteiger partial charge in [-0.2, -0.15) is 0 Å². The summed E-state index contributed by atoms with van der Waals surface area (Å²) in [4.78, 5) is 20.3. The third-order valence-electron chi connectivity index (χ3n) is 4.54. The average molecular weight is 360 g/mol. The van der Waals surface area contributed by atoms with Gasteiger partial charge in [0.2, 0.25) is 0 Å². The first-order valence-electron chi connectivity index (χ1n) is 8.35. The summed E-state index contributed by atoms with van der Waals surface area (Å²) in [7, 11) is 0.